The number of nitrogens with one attached hydrogen (secondary N) is 1. The Morgan fingerprint density at radius 2 is 2.06 bits per heavy atom. The van der Waals surface area contributed by atoms with Gasteiger partial charge in [-0.05, 0) is 45.2 Å². The Morgan fingerprint density at radius 3 is 2.81 bits per heavy atom. The van der Waals surface area contributed by atoms with E-state index in [1.165, 1.54) is 0 Å². The number of carbonyl (C=O) groups excluding carboxylic acids is 1. The van der Waals surface area contributed by atoms with Gasteiger partial charge in [0.05, 0.1) is 17.3 Å². The summed E-state index contributed by atoms with van der Waals surface area (Å²) in [5, 5.41) is 0. The van der Waals surface area contributed by atoms with Gasteiger partial charge in [0.2, 0.25) is 0 Å². The van der Waals surface area contributed by atoms with Crippen LogP contribution in [-0.2, 0) is 13.0 Å². The summed E-state index contributed by atoms with van der Waals surface area (Å²) in [6, 6.07) is 3.76. The molecule has 166 valence electrons. The van der Waals surface area contributed by atoms with Gasteiger partial charge in [0.15, 0.2) is 0 Å². The minimum atomic E-state index is -0.210. The minimum Gasteiger partial charge on any atom is -0.363 e. The molecule has 0 spiro atoms. The molecule has 0 aliphatic carbocycles. The number of piperidine rings is 1. The molecule has 0 aromatic carbocycles. The van der Waals surface area contributed by atoms with Crippen LogP contribution in [0.5, 0.6) is 0 Å². The number of H-pyrrole nitrogens is 1. The summed E-state index contributed by atoms with van der Waals surface area (Å²) in [4.78, 5) is 44.6. The van der Waals surface area contributed by atoms with Gasteiger partial charge < -0.3 is 14.8 Å². The van der Waals surface area contributed by atoms with E-state index in [1.54, 1.807) is 12.3 Å². The normalized spacial score (nSPS) is 19.4. The zero-order chi connectivity index (χ0) is 22.1. The zero-order valence-corrected chi connectivity index (χ0v) is 18.9. The van der Waals surface area contributed by atoms with E-state index < -0.39 is 0 Å². The fourth-order valence-electron chi connectivity index (χ4n) is 4.48. The van der Waals surface area contributed by atoms with Gasteiger partial charge in [0, 0.05) is 58.0 Å². The lowest BCUT2D eigenvalue weighted by Crippen LogP contribution is -2.42. The average Bonchev–Trinajstić information content (AvgIpc) is 2.78. The molecule has 2 aromatic rings. The molecule has 2 aliphatic heterocycles. The fraction of sp³-hybridized carbons (Fsp3) is 0.565. The SMILES string of the molecule is CC(C)N1CCc2nc([C@@H]3CCCCN3C(=O)c3ccnc(N(C)C)c3)[nH]c(=O)c2C1. The van der Waals surface area contributed by atoms with Gasteiger partial charge >= 0.3 is 0 Å². The van der Waals surface area contributed by atoms with Gasteiger partial charge in [-0.3, -0.25) is 14.5 Å². The van der Waals surface area contributed by atoms with Crippen LogP contribution in [0, 0.1) is 0 Å². The maximum absolute atomic E-state index is 13.4. The van der Waals surface area contributed by atoms with E-state index in [4.69, 9.17) is 4.98 Å². The van der Waals surface area contributed by atoms with Crippen LogP contribution < -0.4 is 10.5 Å². The van der Waals surface area contributed by atoms with Crippen molar-refractivity contribution < 1.29 is 4.79 Å². The first kappa shape index (κ1) is 21.5. The van der Waals surface area contributed by atoms with Crippen LogP contribution in [0.3, 0.4) is 0 Å². The van der Waals surface area contributed by atoms with Gasteiger partial charge in [-0.25, -0.2) is 9.97 Å². The molecule has 1 N–H and O–H groups in total. The number of rotatable bonds is 4. The molecule has 2 aliphatic rings. The van der Waals surface area contributed by atoms with E-state index in [0.29, 0.717) is 30.5 Å². The number of aromatic amines is 1. The minimum absolute atomic E-state index is 0.0402. The van der Waals surface area contributed by atoms with Crippen LogP contribution in [0.2, 0.25) is 0 Å². The molecule has 1 amide bonds. The second-order valence-electron chi connectivity index (χ2n) is 9.00. The Labute approximate surface area is 183 Å². The van der Waals surface area contributed by atoms with Crippen LogP contribution in [0.25, 0.3) is 0 Å². The first-order valence-corrected chi connectivity index (χ1v) is 11.2. The predicted octanol–water partition coefficient (Wildman–Crippen LogP) is 2.36. The molecule has 1 fully saturated rings. The second kappa shape index (κ2) is 8.78. The summed E-state index contributed by atoms with van der Waals surface area (Å²) in [5.74, 6) is 1.33. The number of carbonyl (C=O) groups is 1. The summed E-state index contributed by atoms with van der Waals surface area (Å²) in [6.07, 6.45) is 5.20. The first-order chi connectivity index (χ1) is 14.8. The number of nitrogens with zero attached hydrogens (tertiary/aromatic N) is 5. The highest BCUT2D eigenvalue weighted by Gasteiger charge is 2.32. The number of amides is 1. The zero-order valence-electron chi connectivity index (χ0n) is 18.9. The molecule has 4 heterocycles. The molecule has 4 rings (SSSR count). The third-order valence-electron chi connectivity index (χ3n) is 6.38. The monoisotopic (exact) mass is 424 g/mol. The van der Waals surface area contributed by atoms with E-state index in [1.807, 2.05) is 30.0 Å². The van der Waals surface area contributed by atoms with Gasteiger partial charge in [0.1, 0.15) is 11.6 Å². The largest absolute Gasteiger partial charge is 0.363 e. The van der Waals surface area contributed by atoms with Crippen molar-refractivity contribution in [1.82, 2.24) is 24.8 Å². The Kier molecular flexibility index (Phi) is 6.09. The summed E-state index contributed by atoms with van der Waals surface area (Å²) < 4.78 is 0. The van der Waals surface area contributed by atoms with Gasteiger partial charge in [-0.15, -0.1) is 0 Å². The lowest BCUT2D eigenvalue weighted by atomic mass is 9.99. The molecule has 2 aromatic heterocycles. The van der Waals surface area contributed by atoms with Crippen molar-refractivity contribution in [3.63, 3.8) is 0 Å². The van der Waals surface area contributed by atoms with E-state index in [2.05, 4.69) is 28.7 Å². The fourth-order valence-corrected chi connectivity index (χ4v) is 4.48. The van der Waals surface area contributed by atoms with Crippen LogP contribution in [0.4, 0.5) is 5.82 Å². The number of pyridine rings is 1. The molecule has 0 bridgehead atoms. The lowest BCUT2D eigenvalue weighted by molar-refractivity contribution is 0.0598. The Hall–Kier alpha value is -2.74. The van der Waals surface area contributed by atoms with Crippen molar-refractivity contribution in [2.24, 2.45) is 0 Å². The van der Waals surface area contributed by atoms with Gasteiger partial charge in [-0.1, -0.05) is 0 Å². The maximum Gasteiger partial charge on any atom is 0.255 e. The number of hydrogen-bond acceptors (Lipinski definition) is 6. The quantitative estimate of drug-likeness (QED) is 0.811. The van der Waals surface area contributed by atoms with Crippen molar-refractivity contribution in [2.45, 2.75) is 58.2 Å². The van der Waals surface area contributed by atoms with E-state index in [0.717, 1.165) is 49.3 Å². The second-order valence-corrected chi connectivity index (χ2v) is 9.00. The van der Waals surface area contributed by atoms with E-state index in [-0.39, 0.29) is 17.5 Å². The highest BCUT2D eigenvalue weighted by Crippen LogP contribution is 2.31. The molecular weight excluding hydrogens is 392 g/mol. The standard InChI is InChI=1S/C23H32N6O2/c1-15(2)28-12-9-18-17(14-28)22(30)26-21(25-18)19-7-5-6-11-29(19)23(31)16-8-10-24-20(13-16)27(3)4/h8,10,13,15,19H,5-7,9,11-12,14H2,1-4H3,(H,25,26,30)/t19-/m0/s1. The van der Waals surface area contributed by atoms with E-state index in [9.17, 15) is 9.59 Å². The van der Waals surface area contributed by atoms with Gasteiger partial charge in [-0.2, -0.15) is 0 Å². The molecule has 0 saturated carbocycles. The molecule has 8 heteroatoms. The highest BCUT2D eigenvalue weighted by molar-refractivity contribution is 5.95. The Morgan fingerprint density at radius 1 is 1.26 bits per heavy atom. The van der Waals surface area contributed by atoms with Crippen LogP contribution in [0.15, 0.2) is 23.1 Å². The number of aromatic nitrogens is 3. The lowest BCUT2D eigenvalue weighted by Gasteiger charge is -2.36. The molecular formula is C23H32N6O2. The number of fused-ring (bicyclic) bond motifs is 1. The van der Waals surface area contributed by atoms with Crippen molar-refractivity contribution in [1.29, 1.82) is 0 Å². The van der Waals surface area contributed by atoms with Crippen LogP contribution >= 0.6 is 0 Å². The maximum atomic E-state index is 13.4. The third-order valence-corrected chi connectivity index (χ3v) is 6.38. The van der Waals surface area contributed by atoms with Gasteiger partial charge in [0.25, 0.3) is 11.5 Å². The van der Waals surface area contributed by atoms with Crippen molar-refractivity contribution in [3.05, 3.63) is 51.3 Å². The van der Waals surface area contributed by atoms with Crippen molar-refractivity contribution >= 4 is 11.7 Å². The third kappa shape index (κ3) is 4.35. The summed E-state index contributed by atoms with van der Waals surface area (Å²) in [5.41, 5.74) is 2.19. The molecule has 31 heavy (non-hydrogen) atoms. The Balaban J connectivity index is 1.64. The molecule has 0 unspecified atom stereocenters. The van der Waals surface area contributed by atoms with Crippen LogP contribution in [0.1, 0.15) is 66.6 Å². The molecule has 0 radical (unpaired) electrons. The van der Waals surface area contributed by atoms with Crippen molar-refractivity contribution in [2.75, 3.05) is 32.1 Å². The summed E-state index contributed by atoms with van der Waals surface area (Å²) in [6.45, 7) is 6.48. The number of hydrogen-bond donors (Lipinski definition) is 1. The average molecular weight is 425 g/mol. The molecule has 8 nitrogen and oxygen atoms in total. The highest BCUT2D eigenvalue weighted by atomic mass is 16.2. The van der Waals surface area contributed by atoms with Crippen LogP contribution in [-0.4, -0.2) is 63.9 Å². The topological polar surface area (TPSA) is 85.4 Å². The molecule has 1 saturated heterocycles. The summed E-state index contributed by atoms with van der Waals surface area (Å²) >= 11 is 0. The molecule has 1 atom stereocenters. The predicted molar refractivity (Wildman–Crippen MR) is 120 cm³/mol. The van der Waals surface area contributed by atoms with Crippen molar-refractivity contribution in [3.8, 4) is 0 Å². The van der Waals surface area contributed by atoms with E-state index >= 15 is 0 Å². The number of anilines is 1. The summed E-state index contributed by atoms with van der Waals surface area (Å²) in [7, 11) is 3.81. The smallest absolute Gasteiger partial charge is 0.255 e. The Bertz CT molecular complexity index is 1020. The first-order valence-electron chi connectivity index (χ1n) is 11.2. The number of likely N-dealkylation sites (tertiary alicyclic amines) is 1.